The van der Waals surface area contributed by atoms with E-state index in [1.807, 2.05) is 12.1 Å². The Balaban J connectivity index is 1.70. The molecule has 1 amide bonds. The number of Topliss-reactive ketones (excluding diaryl/α,β-unsaturated/α-hetero) is 1. The SMILES string of the molecule is CCC1(c2cccc(OC(=O)N[C@@H](Cc3cnc[nH]3)C(C)=O)c2)CCCCN(C)C1. The lowest BCUT2D eigenvalue weighted by atomic mass is 9.74. The van der Waals surface area contributed by atoms with Crippen molar-refractivity contribution < 1.29 is 14.3 Å². The lowest BCUT2D eigenvalue weighted by molar-refractivity contribution is -0.118. The minimum Gasteiger partial charge on any atom is -0.410 e. The number of nitrogens with one attached hydrogen (secondary N) is 2. The average Bonchev–Trinajstić information content (AvgIpc) is 3.15. The highest BCUT2D eigenvalue weighted by Crippen LogP contribution is 2.37. The summed E-state index contributed by atoms with van der Waals surface area (Å²) in [6.45, 7) is 5.79. The van der Waals surface area contributed by atoms with Crippen molar-refractivity contribution >= 4 is 11.9 Å². The smallest absolute Gasteiger partial charge is 0.410 e. The third-order valence-corrected chi connectivity index (χ3v) is 6.11. The molecule has 2 aromatic rings. The van der Waals surface area contributed by atoms with Gasteiger partial charge in [0.05, 0.1) is 12.4 Å². The summed E-state index contributed by atoms with van der Waals surface area (Å²) in [4.78, 5) is 33.7. The molecule has 1 aromatic carbocycles. The minimum absolute atomic E-state index is 0.0592. The van der Waals surface area contributed by atoms with E-state index >= 15 is 0 Å². The molecule has 0 aliphatic carbocycles. The van der Waals surface area contributed by atoms with Gasteiger partial charge in [-0.15, -0.1) is 0 Å². The van der Waals surface area contributed by atoms with E-state index in [0.717, 1.165) is 31.6 Å². The molecule has 1 unspecified atom stereocenters. The van der Waals surface area contributed by atoms with E-state index in [-0.39, 0.29) is 11.2 Å². The number of carbonyl (C=O) groups is 2. The molecular weight excluding hydrogens is 380 g/mol. The molecule has 0 spiro atoms. The zero-order valence-corrected chi connectivity index (χ0v) is 18.1. The molecule has 1 aliphatic heterocycles. The lowest BCUT2D eigenvalue weighted by Crippen LogP contribution is -2.42. The predicted molar refractivity (Wildman–Crippen MR) is 116 cm³/mol. The van der Waals surface area contributed by atoms with Crippen LogP contribution in [-0.4, -0.2) is 52.9 Å². The van der Waals surface area contributed by atoms with Gasteiger partial charge in [-0.25, -0.2) is 9.78 Å². The Morgan fingerprint density at radius 1 is 1.37 bits per heavy atom. The quantitative estimate of drug-likeness (QED) is 0.727. The van der Waals surface area contributed by atoms with Gasteiger partial charge >= 0.3 is 6.09 Å². The number of hydrogen-bond acceptors (Lipinski definition) is 5. The molecular formula is C23H32N4O3. The Morgan fingerprint density at radius 3 is 2.90 bits per heavy atom. The Morgan fingerprint density at radius 2 is 2.20 bits per heavy atom. The van der Waals surface area contributed by atoms with Gasteiger partial charge in [0, 0.05) is 30.3 Å². The number of nitrogens with zero attached hydrogens (tertiary/aromatic N) is 2. The van der Waals surface area contributed by atoms with Crippen molar-refractivity contribution in [1.29, 1.82) is 0 Å². The van der Waals surface area contributed by atoms with E-state index in [1.54, 1.807) is 18.6 Å². The minimum atomic E-state index is -0.668. The normalized spacial score (nSPS) is 20.9. The molecule has 1 aliphatic rings. The molecule has 2 atom stereocenters. The predicted octanol–water partition coefficient (Wildman–Crippen LogP) is 3.46. The number of H-pyrrole nitrogens is 1. The third-order valence-electron chi connectivity index (χ3n) is 6.11. The molecule has 0 saturated carbocycles. The van der Waals surface area contributed by atoms with Crippen molar-refractivity contribution in [1.82, 2.24) is 20.2 Å². The zero-order chi connectivity index (χ0) is 21.6. The molecule has 30 heavy (non-hydrogen) atoms. The van der Waals surface area contributed by atoms with E-state index in [1.165, 1.54) is 25.3 Å². The molecule has 2 heterocycles. The Hall–Kier alpha value is -2.67. The highest BCUT2D eigenvalue weighted by atomic mass is 16.6. The fourth-order valence-electron chi connectivity index (χ4n) is 4.33. The number of amides is 1. The van der Waals surface area contributed by atoms with Crippen LogP contribution in [0.4, 0.5) is 4.79 Å². The van der Waals surface area contributed by atoms with Gasteiger partial charge in [0.15, 0.2) is 5.78 Å². The van der Waals surface area contributed by atoms with Crippen molar-refractivity contribution in [2.24, 2.45) is 0 Å². The molecule has 3 rings (SSSR count). The van der Waals surface area contributed by atoms with Crippen molar-refractivity contribution in [3.63, 3.8) is 0 Å². The van der Waals surface area contributed by atoms with Gasteiger partial charge in [-0.2, -0.15) is 0 Å². The maximum Gasteiger partial charge on any atom is 0.413 e. The number of ketones is 1. The number of likely N-dealkylation sites (N-methyl/N-ethyl adjacent to an activating group) is 1. The second kappa shape index (κ2) is 9.89. The van der Waals surface area contributed by atoms with Crippen LogP contribution >= 0.6 is 0 Å². The maximum atomic E-state index is 12.5. The van der Waals surface area contributed by atoms with Crippen molar-refractivity contribution in [3.05, 3.63) is 48.0 Å². The monoisotopic (exact) mass is 412 g/mol. The Kier molecular flexibility index (Phi) is 7.26. The number of aromatic nitrogens is 2. The van der Waals surface area contributed by atoms with Crippen molar-refractivity contribution in [2.75, 3.05) is 20.1 Å². The number of likely N-dealkylation sites (tertiary alicyclic amines) is 1. The molecule has 7 nitrogen and oxygen atoms in total. The summed E-state index contributed by atoms with van der Waals surface area (Å²) in [6, 6.07) is 7.15. The van der Waals surface area contributed by atoms with Crippen LogP contribution in [0.5, 0.6) is 5.75 Å². The molecule has 7 heteroatoms. The van der Waals surface area contributed by atoms with E-state index in [9.17, 15) is 9.59 Å². The van der Waals surface area contributed by atoms with Crippen molar-refractivity contribution in [3.8, 4) is 5.75 Å². The second-order valence-electron chi connectivity index (χ2n) is 8.33. The molecule has 162 valence electrons. The summed E-state index contributed by atoms with van der Waals surface area (Å²) in [5, 5.41) is 2.68. The number of aromatic amines is 1. The fraction of sp³-hybridized carbons (Fsp3) is 0.522. The second-order valence-corrected chi connectivity index (χ2v) is 8.33. The van der Waals surface area contributed by atoms with Crippen LogP contribution in [0.1, 0.15) is 50.8 Å². The highest BCUT2D eigenvalue weighted by molar-refractivity contribution is 5.86. The van der Waals surface area contributed by atoms with Gasteiger partial charge in [0.1, 0.15) is 5.75 Å². The maximum absolute atomic E-state index is 12.5. The summed E-state index contributed by atoms with van der Waals surface area (Å²) in [7, 11) is 2.17. The van der Waals surface area contributed by atoms with Crippen LogP contribution in [0.2, 0.25) is 0 Å². The molecule has 0 radical (unpaired) electrons. The molecule has 1 aromatic heterocycles. The first-order valence-electron chi connectivity index (χ1n) is 10.7. The third kappa shape index (κ3) is 5.48. The molecule has 1 fully saturated rings. The van der Waals surface area contributed by atoms with Crippen LogP contribution in [0.25, 0.3) is 0 Å². The van der Waals surface area contributed by atoms with Crippen molar-refractivity contribution in [2.45, 2.75) is 57.4 Å². The largest absolute Gasteiger partial charge is 0.413 e. The number of ether oxygens (including phenoxy) is 1. The summed E-state index contributed by atoms with van der Waals surface area (Å²) in [6.07, 6.45) is 7.46. The first-order valence-corrected chi connectivity index (χ1v) is 10.7. The van der Waals surface area contributed by atoms with Gasteiger partial charge in [0.2, 0.25) is 0 Å². The summed E-state index contributed by atoms with van der Waals surface area (Å²) in [5.41, 5.74) is 2.04. The number of carbonyl (C=O) groups excluding carboxylic acids is 2. The summed E-state index contributed by atoms with van der Waals surface area (Å²) >= 11 is 0. The number of imidazole rings is 1. The van der Waals surface area contributed by atoms with Crippen LogP contribution in [0.15, 0.2) is 36.8 Å². The van der Waals surface area contributed by atoms with Gasteiger partial charge in [-0.05, 0) is 57.5 Å². The topological polar surface area (TPSA) is 87.3 Å². The standard InChI is InChI=1S/C23H32N4O3/c1-4-23(10-5-6-11-27(3)15-23)18-8-7-9-20(12-18)30-22(29)26-21(17(2)28)13-19-14-24-16-25-19/h7-9,12,14,16,21H,4-6,10-11,13,15H2,1-3H3,(H,24,25)(H,26,29)/t21-,23?/m0/s1. The Bertz CT molecular complexity index is 852. The lowest BCUT2D eigenvalue weighted by Gasteiger charge is -2.35. The average molecular weight is 413 g/mol. The fourth-order valence-corrected chi connectivity index (χ4v) is 4.33. The molecule has 2 N–H and O–H groups in total. The van der Waals surface area contributed by atoms with Gasteiger partial charge in [0.25, 0.3) is 0 Å². The number of rotatable bonds is 7. The van der Waals surface area contributed by atoms with Crippen LogP contribution < -0.4 is 10.1 Å². The number of hydrogen-bond donors (Lipinski definition) is 2. The van der Waals surface area contributed by atoms with E-state index in [2.05, 4.69) is 40.2 Å². The summed E-state index contributed by atoms with van der Waals surface area (Å²) < 4.78 is 5.55. The molecule has 1 saturated heterocycles. The van der Waals surface area contributed by atoms with Gasteiger partial charge in [-0.1, -0.05) is 25.5 Å². The van der Waals surface area contributed by atoms with Crippen LogP contribution in [-0.2, 0) is 16.6 Å². The number of benzene rings is 1. The zero-order valence-electron chi connectivity index (χ0n) is 18.1. The van der Waals surface area contributed by atoms with E-state index in [4.69, 9.17) is 4.74 Å². The summed E-state index contributed by atoms with van der Waals surface area (Å²) in [5.74, 6) is 0.357. The van der Waals surface area contributed by atoms with Crippen LogP contribution in [0, 0.1) is 0 Å². The first-order chi connectivity index (χ1) is 14.4. The van der Waals surface area contributed by atoms with Gasteiger partial charge in [-0.3, -0.25) is 4.79 Å². The Labute approximate surface area is 178 Å². The van der Waals surface area contributed by atoms with Gasteiger partial charge < -0.3 is 19.9 Å². The van der Waals surface area contributed by atoms with Crippen LogP contribution in [0.3, 0.4) is 0 Å². The highest BCUT2D eigenvalue weighted by Gasteiger charge is 2.33. The first kappa shape index (κ1) is 22.0. The van der Waals surface area contributed by atoms with E-state index < -0.39 is 12.1 Å². The van der Waals surface area contributed by atoms with E-state index in [0.29, 0.717) is 12.2 Å². The molecule has 0 bridgehead atoms.